The number of rotatable bonds is 7. The fourth-order valence-electron chi connectivity index (χ4n) is 1.09. The van der Waals surface area contributed by atoms with E-state index in [-0.39, 0.29) is 37.2 Å². The molecule has 0 heterocycles. The van der Waals surface area contributed by atoms with E-state index < -0.39 is 0 Å². The van der Waals surface area contributed by atoms with Crippen LogP contribution in [-0.2, 0) is 14.3 Å². The molecule has 0 aliphatic carbocycles. The fourth-order valence-corrected chi connectivity index (χ4v) is 1.09. The van der Waals surface area contributed by atoms with Crippen LogP contribution < -0.4 is 5.73 Å². The van der Waals surface area contributed by atoms with Crippen molar-refractivity contribution >= 4 is 11.8 Å². The number of Topliss-reactive ketones (excluding diaryl/α,β-unsaturated/α-hetero) is 1. The molecule has 0 saturated carbocycles. The van der Waals surface area contributed by atoms with Crippen molar-refractivity contribution < 1.29 is 14.3 Å². The molecular weight excluding hydrogens is 182 g/mol. The topological polar surface area (TPSA) is 69.4 Å². The van der Waals surface area contributed by atoms with Crippen LogP contribution in [-0.4, -0.2) is 24.4 Å². The Bertz CT molecular complexity index is 192. The minimum atomic E-state index is -0.312. The van der Waals surface area contributed by atoms with Gasteiger partial charge in [0.05, 0.1) is 19.1 Å². The van der Waals surface area contributed by atoms with Gasteiger partial charge in [-0.3, -0.25) is 9.59 Å². The van der Waals surface area contributed by atoms with Crippen LogP contribution in [0.5, 0.6) is 0 Å². The summed E-state index contributed by atoms with van der Waals surface area (Å²) in [5.41, 5.74) is 5.11. The summed E-state index contributed by atoms with van der Waals surface area (Å²) in [5, 5.41) is 0. The van der Waals surface area contributed by atoms with Gasteiger partial charge in [-0.1, -0.05) is 13.3 Å². The van der Waals surface area contributed by atoms with Gasteiger partial charge >= 0.3 is 5.97 Å². The summed E-state index contributed by atoms with van der Waals surface area (Å²) in [6.45, 7) is 3.88. The largest absolute Gasteiger partial charge is 0.463 e. The third kappa shape index (κ3) is 6.60. The molecule has 4 heteroatoms. The Morgan fingerprint density at radius 1 is 1.36 bits per heavy atom. The molecule has 0 amide bonds. The summed E-state index contributed by atoms with van der Waals surface area (Å²) in [6.07, 6.45) is 2.12. The molecule has 0 fully saturated rings. The zero-order chi connectivity index (χ0) is 11.0. The van der Waals surface area contributed by atoms with Crippen molar-refractivity contribution in [2.45, 2.75) is 45.6 Å². The van der Waals surface area contributed by atoms with Crippen molar-refractivity contribution in [3.05, 3.63) is 0 Å². The van der Waals surface area contributed by atoms with Gasteiger partial charge in [0.25, 0.3) is 0 Å². The first-order valence-corrected chi connectivity index (χ1v) is 5.01. The molecule has 1 atom stereocenters. The first-order valence-electron chi connectivity index (χ1n) is 5.01. The number of carbonyl (C=O) groups is 2. The molecule has 0 aromatic carbocycles. The summed E-state index contributed by atoms with van der Waals surface area (Å²) in [6, 6.07) is 0. The van der Waals surface area contributed by atoms with Gasteiger partial charge in [-0.2, -0.15) is 0 Å². The number of hydrogen-bond donors (Lipinski definition) is 1. The van der Waals surface area contributed by atoms with E-state index in [1.165, 1.54) is 0 Å². The van der Waals surface area contributed by atoms with Gasteiger partial charge in [-0.15, -0.1) is 0 Å². The van der Waals surface area contributed by atoms with E-state index in [9.17, 15) is 9.59 Å². The van der Waals surface area contributed by atoms with Crippen LogP contribution in [0, 0.1) is 0 Å². The van der Waals surface area contributed by atoms with Gasteiger partial charge in [0.1, 0.15) is 5.78 Å². The Kier molecular flexibility index (Phi) is 7.02. The molecular formula is C10H19NO3. The maximum absolute atomic E-state index is 11.1. The van der Waals surface area contributed by atoms with Gasteiger partial charge in [0, 0.05) is 6.42 Å². The number of nitrogens with two attached hydrogens (primary N) is 1. The molecule has 0 rings (SSSR count). The first-order chi connectivity index (χ1) is 6.60. The molecule has 0 spiro atoms. The van der Waals surface area contributed by atoms with E-state index in [2.05, 4.69) is 0 Å². The molecule has 0 saturated heterocycles. The Labute approximate surface area is 84.8 Å². The van der Waals surface area contributed by atoms with Crippen LogP contribution in [0.2, 0.25) is 0 Å². The Morgan fingerprint density at radius 3 is 2.50 bits per heavy atom. The molecule has 0 aromatic heterocycles. The van der Waals surface area contributed by atoms with Crippen LogP contribution >= 0.6 is 0 Å². The maximum Gasteiger partial charge on any atom is 0.306 e. The smallest absolute Gasteiger partial charge is 0.306 e. The van der Waals surface area contributed by atoms with Crippen LogP contribution in [0.25, 0.3) is 0 Å². The lowest BCUT2D eigenvalue weighted by Gasteiger charge is -2.11. The van der Waals surface area contributed by atoms with Crippen LogP contribution in [0.3, 0.4) is 0 Å². The molecule has 0 aliphatic rings. The molecule has 0 radical (unpaired) electrons. The molecule has 1 unspecified atom stereocenters. The monoisotopic (exact) mass is 201 g/mol. The SMILES string of the molecule is CCCC(C)OC(=O)CCC(=O)CN. The van der Waals surface area contributed by atoms with E-state index in [0.29, 0.717) is 0 Å². The number of esters is 1. The molecule has 14 heavy (non-hydrogen) atoms. The summed E-state index contributed by atoms with van der Waals surface area (Å²) < 4.78 is 5.05. The molecule has 0 aromatic rings. The number of carbonyl (C=O) groups excluding carboxylic acids is 2. The number of hydrogen-bond acceptors (Lipinski definition) is 4. The summed E-state index contributed by atoms with van der Waals surface area (Å²) >= 11 is 0. The van der Waals surface area contributed by atoms with Crippen molar-refractivity contribution in [2.75, 3.05) is 6.54 Å². The molecule has 2 N–H and O–H groups in total. The van der Waals surface area contributed by atoms with E-state index in [1.54, 1.807) is 0 Å². The second-order valence-electron chi connectivity index (χ2n) is 3.33. The van der Waals surface area contributed by atoms with E-state index in [4.69, 9.17) is 10.5 Å². The quantitative estimate of drug-likeness (QED) is 0.624. The van der Waals surface area contributed by atoms with Crippen molar-refractivity contribution in [1.29, 1.82) is 0 Å². The van der Waals surface area contributed by atoms with E-state index >= 15 is 0 Å². The lowest BCUT2D eigenvalue weighted by molar-refractivity contribution is -0.149. The van der Waals surface area contributed by atoms with E-state index in [0.717, 1.165) is 12.8 Å². The lowest BCUT2D eigenvalue weighted by Crippen LogP contribution is -2.18. The fraction of sp³-hybridized carbons (Fsp3) is 0.800. The minimum absolute atomic E-state index is 0.00219. The Hall–Kier alpha value is -0.900. The van der Waals surface area contributed by atoms with Gasteiger partial charge in [0.15, 0.2) is 0 Å². The predicted molar refractivity (Wildman–Crippen MR) is 53.8 cm³/mol. The molecule has 4 nitrogen and oxygen atoms in total. The first kappa shape index (κ1) is 13.1. The number of ketones is 1. The zero-order valence-electron chi connectivity index (χ0n) is 8.91. The van der Waals surface area contributed by atoms with Gasteiger partial charge in [-0.25, -0.2) is 0 Å². The normalized spacial score (nSPS) is 12.2. The van der Waals surface area contributed by atoms with Crippen LogP contribution in [0.15, 0.2) is 0 Å². The Morgan fingerprint density at radius 2 is 2.00 bits per heavy atom. The average Bonchev–Trinajstić information content (AvgIpc) is 2.14. The highest BCUT2D eigenvalue weighted by Crippen LogP contribution is 2.03. The van der Waals surface area contributed by atoms with Crippen molar-refractivity contribution in [3.8, 4) is 0 Å². The molecule has 0 aliphatic heterocycles. The summed E-state index contributed by atoms with van der Waals surface area (Å²) in [4.78, 5) is 21.9. The highest BCUT2D eigenvalue weighted by molar-refractivity contribution is 5.84. The van der Waals surface area contributed by atoms with Crippen LogP contribution in [0.4, 0.5) is 0 Å². The zero-order valence-corrected chi connectivity index (χ0v) is 8.91. The van der Waals surface area contributed by atoms with Crippen molar-refractivity contribution in [2.24, 2.45) is 5.73 Å². The molecule has 0 bridgehead atoms. The van der Waals surface area contributed by atoms with Gasteiger partial charge in [-0.05, 0) is 13.3 Å². The maximum atomic E-state index is 11.1. The third-order valence-electron chi connectivity index (χ3n) is 1.86. The highest BCUT2D eigenvalue weighted by Gasteiger charge is 2.10. The summed E-state index contributed by atoms with van der Waals surface area (Å²) in [5.74, 6) is -0.419. The third-order valence-corrected chi connectivity index (χ3v) is 1.86. The molecule has 82 valence electrons. The van der Waals surface area contributed by atoms with E-state index in [1.807, 2.05) is 13.8 Å². The number of ether oxygens (including phenoxy) is 1. The Balaban J connectivity index is 3.59. The summed E-state index contributed by atoms with van der Waals surface area (Å²) in [7, 11) is 0. The second kappa shape index (κ2) is 7.50. The van der Waals surface area contributed by atoms with Crippen molar-refractivity contribution in [1.82, 2.24) is 0 Å². The average molecular weight is 201 g/mol. The highest BCUT2D eigenvalue weighted by atomic mass is 16.5. The predicted octanol–water partition coefficient (Wildman–Crippen LogP) is 1.03. The minimum Gasteiger partial charge on any atom is -0.463 e. The lowest BCUT2D eigenvalue weighted by atomic mass is 10.2. The van der Waals surface area contributed by atoms with Crippen molar-refractivity contribution in [3.63, 3.8) is 0 Å². The van der Waals surface area contributed by atoms with Gasteiger partial charge in [0.2, 0.25) is 0 Å². The standard InChI is InChI=1S/C10H19NO3/c1-3-4-8(2)14-10(13)6-5-9(12)7-11/h8H,3-7,11H2,1-2H3. The van der Waals surface area contributed by atoms with Gasteiger partial charge < -0.3 is 10.5 Å². The second-order valence-corrected chi connectivity index (χ2v) is 3.33. The van der Waals surface area contributed by atoms with Crippen LogP contribution in [0.1, 0.15) is 39.5 Å².